The third kappa shape index (κ3) is 11.2. The van der Waals surface area contributed by atoms with Crippen LogP contribution in [0.2, 0.25) is 36.3 Å². The van der Waals surface area contributed by atoms with Crippen LogP contribution in [0.5, 0.6) is 5.75 Å². The van der Waals surface area contributed by atoms with E-state index in [-0.39, 0.29) is 16.1 Å². The molecule has 0 saturated heterocycles. The molecule has 11 nitrogen and oxygen atoms in total. The van der Waals surface area contributed by atoms with E-state index >= 15 is 0 Å². The van der Waals surface area contributed by atoms with Gasteiger partial charge in [-0.2, -0.15) is 5.10 Å². The summed E-state index contributed by atoms with van der Waals surface area (Å²) in [6.07, 6.45) is 6.78. The molecule has 4 rings (SSSR count). The molecule has 0 aliphatic heterocycles. The van der Waals surface area contributed by atoms with Crippen LogP contribution in [-0.2, 0) is 31.6 Å². The maximum Gasteiger partial charge on any atom is 0.192 e. The zero-order valence-electron chi connectivity index (χ0n) is 35.1. The van der Waals surface area contributed by atoms with Crippen molar-refractivity contribution < 1.29 is 22.9 Å². The Morgan fingerprint density at radius 3 is 2.19 bits per heavy atom. The molecule has 14 heteroatoms. The summed E-state index contributed by atoms with van der Waals surface area (Å²) >= 11 is -1.30. The number of nitrogens with one attached hydrogen (secondary N) is 1. The maximum absolute atomic E-state index is 13.4. The highest BCUT2D eigenvalue weighted by atomic mass is 32.2. The van der Waals surface area contributed by atoms with Gasteiger partial charge >= 0.3 is 0 Å². The van der Waals surface area contributed by atoms with Crippen molar-refractivity contribution in [2.24, 2.45) is 0 Å². The quantitative estimate of drug-likeness (QED) is 0.0627. The number of methoxy groups -OCH3 is 1. The number of rotatable bonds is 17. The van der Waals surface area contributed by atoms with Crippen molar-refractivity contribution in [3.8, 4) is 22.8 Å². The number of benzene rings is 1. The van der Waals surface area contributed by atoms with E-state index in [0.29, 0.717) is 38.0 Å². The van der Waals surface area contributed by atoms with Gasteiger partial charge in [-0.15, -0.1) is 4.72 Å². The standard InChI is InChI=1S/C40H64N6O5SSi2/c1-38(2,3)52(47)45-34(19-16-20-50-53(11,12)39(4,5)6)33-18-15-17-32(44-33)29-23-35-31(36(24-29)49-22-21-48-10)26-42-46(35)37-27-41-25-30(43-37)28-51-54(13,14)40(7,8)9/h15,17-18,23-27,34,45H,16,19-22,28H2,1-14H3/t34-,52?/m0/s1. The van der Waals surface area contributed by atoms with E-state index in [9.17, 15) is 4.55 Å². The van der Waals surface area contributed by atoms with E-state index in [1.807, 2.05) is 45.0 Å². The molecule has 0 amide bonds. The van der Waals surface area contributed by atoms with Gasteiger partial charge in [0.05, 0.1) is 65.8 Å². The molecule has 2 atom stereocenters. The second-order valence-electron chi connectivity index (χ2n) is 18.0. The molecule has 54 heavy (non-hydrogen) atoms. The highest BCUT2D eigenvalue weighted by Crippen LogP contribution is 2.38. The van der Waals surface area contributed by atoms with Crippen LogP contribution >= 0.6 is 0 Å². The monoisotopic (exact) mass is 796 g/mol. The smallest absolute Gasteiger partial charge is 0.192 e. The summed E-state index contributed by atoms with van der Waals surface area (Å²) in [5, 5.41) is 5.79. The van der Waals surface area contributed by atoms with Crippen LogP contribution in [0.1, 0.15) is 92.6 Å². The van der Waals surface area contributed by atoms with Crippen LogP contribution in [0.4, 0.5) is 0 Å². The predicted octanol–water partition coefficient (Wildman–Crippen LogP) is 9.32. The van der Waals surface area contributed by atoms with Crippen molar-refractivity contribution in [1.29, 1.82) is 0 Å². The second-order valence-corrected chi connectivity index (χ2v) is 29.6. The van der Waals surface area contributed by atoms with Gasteiger partial charge < -0.3 is 22.9 Å². The van der Waals surface area contributed by atoms with Crippen LogP contribution < -0.4 is 9.46 Å². The van der Waals surface area contributed by atoms with Crippen molar-refractivity contribution in [2.45, 2.75) is 129 Å². The first kappa shape index (κ1) is 44.0. The zero-order valence-corrected chi connectivity index (χ0v) is 37.9. The third-order valence-electron chi connectivity index (χ3n) is 10.6. The van der Waals surface area contributed by atoms with E-state index in [0.717, 1.165) is 46.4 Å². The highest BCUT2D eigenvalue weighted by molar-refractivity contribution is 7.90. The molecule has 3 heterocycles. The van der Waals surface area contributed by atoms with Gasteiger partial charge in [-0.3, -0.25) is 9.97 Å². The van der Waals surface area contributed by atoms with Gasteiger partial charge in [0.1, 0.15) is 17.1 Å². The van der Waals surface area contributed by atoms with E-state index < -0.39 is 32.7 Å². The first-order chi connectivity index (χ1) is 25.0. The summed E-state index contributed by atoms with van der Waals surface area (Å²) in [5.74, 6) is 1.24. The lowest BCUT2D eigenvalue weighted by molar-refractivity contribution is 0.147. The highest BCUT2D eigenvalue weighted by Gasteiger charge is 2.38. The molecule has 298 valence electrons. The zero-order chi connectivity index (χ0) is 40.1. The molecule has 0 radical (unpaired) electrons. The van der Waals surface area contributed by atoms with Crippen molar-refractivity contribution in [3.63, 3.8) is 0 Å². The largest absolute Gasteiger partial charge is 0.598 e. The molecule has 1 unspecified atom stereocenters. The fraction of sp³-hybridized carbons (Fsp3) is 0.600. The second kappa shape index (κ2) is 17.6. The summed E-state index contributed by atoms with van der Waals surface area (Å²) < 4.78 is 42.7. The molecule has 1 N–H and O–H groups in total. The minimum absolute atomic E-state index is 0.0794. The molecule has 0 bridgehead atoms. The number of fused-ring (bicyclic) bond motifs is 1. The molecule has 0 aliphatic carbocycles. The van der Waals surface area contributed by atoms with Crippen LogP contribution in [0, 0.1) is 0 Å². The topological polar surface area (TPSA) is 128 Å². The molecule has 0 spiro atoms. The Kier molecular flexibility index (Phi) is 14.4. The fourth-order valence-corrected chi connectivity index (χ4v) is 7.91. The van der Waals surface area contributed by atoms with Crippen LogP contribution in [0.15, 0.2) is 48.9 Å². The summed E-state index contributed by atoms with van der Waals surface area (Å²) in [7, 11) is -2.23. The molecule has 0 fully saturated rings. The average Bonchev–Trinajstić information content (AvgIpc) is 3.52. The number of hydrogen-bond donors (Lipinski definition) is 1. The van der Waals surface area contributed by atoms with Crippen molar-refractivity contribution in [1.82, 2.24) is 29.5 Å². The van der Waals surface area contributed by atoms with Gasteiger partial charge in [0, 0.05) is 30.6 Å². The lowest BCUT2D eigenvalue weighted by Gasteiger charge is -2.36. The van der Waals surface area contributed by atoms with Crippen molar-refractivity contribution in [2.75, 3.05) is 26.9 Å². The average molecular weight is 797 g/mol. The lowest BCUT2D eigenvalue weighted by Crippen LogP contribution is -2.42. The predicted molar refractivity (Wildman–Crippen MR) is 225 cm³/mol. The van der Waals surface area contributed by atoms with Gasteiger partial charge in [0.25, 0.3) is 0 Å². The Hall–Kier alpha value is -2.70. The van der Waals surface area contributed by atoms with Crippen molar-refractivity contribution in [3.05, 3.63) is 60.3 Å². The SMILES string of the molecule is COCCOc1cc(-c2cccc([C@H](CCCO[Si](C)(C)C(C)(C)C)N[S+]([O-])C(C)(C)C)n2)cc2c1cnn2-c1cncc(CO[Si](C)(C)C(C)(C)C)n1. The summed E-state index contributed by atoms with van der Waals surface area (Å²) in [5.41, 5.74) is 3.96. The van der Waals surface area contributed by atoms with Gasteiger partial charge in [0.15, 0.2) is 22.5 Å². The summed E-state index contributed by atoms with van der Waals surface area (Å²) in [4.78, 5) is 14.6. The molecular formula is C40H64N6O5SSi2. The summed E-state index contributed by atoms with van der Waals surface area (Å²) in [6, 6.07) is 9.80. The van der Waals surface area contributed by atoms with Crippen molar-refractivity contribution >= 4 is 38.9 Å². The fourth-order valence-electron chi connectivity index (χ4n) is 5.03. The van der Waals surface area contributed by atoms with Gasteiger partial charge in [-0.1, -0.05) is 47.6 Å². The Morgan fingerprint density at radius 1 is 0.852 bits per heavy atom. The Bertz CT molecular complexity index is 1830. The van der Waals surface area contributed by atoms with Gasteiger partial charge in [-0.05, 0) is 94.1 Å². The van der Waals surface area contributed by atoms with Crippen LogP contribution in [0.25, 0.3) is 28.0 Å². The van der Waals surface area contributed by atoms with Gasteiger partial charge in [-0.25, -0.2) is 9.67 Å². The number of nitrogens with zero attached hydrogens (tertiary/aromatic N) is 5. The Labute approximate surface area is 328 Å². The van der Waals surface area contributed by atoms with E-state index in [1.54, 1.807) is 30.4 Å². The van der Waals surface area contributed by atoms with E-state index in [4.69, 9.17) is 33.4 Å². The minimum Gasteiger partial charge on any atom is -0.598 e. The van der Waals surface area contributed by atoms with E-state index in [2.05, 4.69) is 83.5 Å². The molecule has 0 aliphatic rings. The first-order valence-corrected chi connectivity index (χ1v) is 25.9. The Balaban J connectivity index is 1.71. The normalized spacial score (nSPS) is 14.4. The van der Waals surface area contributed by atoms with Gasteiger partial charge in [0.2, 0.25) is 0 Å². The van der Waals surface area contributed by atoms with Crippen LogP contribution in [0.3, 0.4) is 0 Å². The maximum atomic E-state index is 13.4. The van der Waals surface area contributed by atoms with E-state index in [1.165, 1.54) is 0 Å². The Morgan fingerprint density at radius 2 is 1.54 bits per heavy atom. The number of ether oxygens (including phenoxy) is 2. The lowest BCUT2D eigenvalue weighted by atomic mass is 10.0. The first-order valence-electron chi connectivity index (χ1n) is 18.9. The number of hydrogen-bond acceptors (Lipinski definition) is 10. The number of pyridine rings is 1. The molecule has 1 aromatic carbocycles. The molecular weight excluding hydrogens is 733 g/mol. The minimum atomic E-state index is -1.99. The number of aromatic nitrogens is 5. The molecule has 0 saturated carbocycles. The third-order valence-corrected chi connectivity index (χ3v) is 21.2. The van der Waals surface area contributed by atoms with Crippen LogP contribution in [-0.4, -0.2) is 77.6 Å². The molecule has 4 aromatic rings. The summed E-state index contributed by atoms with van der Waals surface area (Å²) in [6.45, 7) is 30.2. The molecule has 3 aromatic heterocycles.